The second-order valence-electron chi connectivity index (χ2n) is 6.26. The Morgan fingerprint density at radius 1 is 1.43 bits per heavy atom. The van der Waals surface area contributed by atoms with Gasteiger partial charge in [0.25, 0.3) is 0 Å². The Kier molecular flexibility index (Phi) is 6.00. The van der Waals surface area contributed by atoms with Crippen molar-refractivity contribution in [3.8, 4) is 5.75 Å². The number of ether oxygens (including phenoxy) is 1. The second-order valence-corrected chi connectivity index (χ2v) is 6.26. The van der Waals surface area contributed by atoms with Crippen molar-refractivity contribution in [3.63, 3.8) is 0 Å². The first-order valence-electron chi connectivity index (χ1n) is 7.86. The summed E-state index contributed by atoms with van der Waals surface area (Å²) in [6, 6.07) is 5.29. The van der Waals surface area contributed by atoms with Crippen LogP contribution in [-0.2, 0) is 6.54 Å². The molecular weight excluding hydrogens is 267 g/mol. The molecule has 0 spiro atoms. The topological polar surface area (TPSA) is 24.5 Å². The first kappa shape index (κ1) is 16.2. The van der Waals surface area contributed by atoms with Crippen molar-refractivity contribution in [2.24, 2.45) is 5.92 Å². The van der Waals surface area contributed by atoms with E-state index in [1.54, 1.807) is 19.2 Å². The summed E-state index contributed by atoms with van der Waals surface area (Å²) in [6.45, 7) is 8.33. The fourth-order valence-electron chi connectivity index (χ4n) is 2.98. The Balaban J connectivity index is 1.94. The third-order valence-corrected chi connectivity index (χ3v) is 4.05. The van der Waals surface area contributed by atoms with E-state index in [0.717, 1.165) is 37.5 Å². The molecule has 0 radical (unpaired) electrons. The fraction of sp³-hybridized carbons (Fsp3) is 0.647. The van der Waals surface area contributed by atoms with Gasteiger partial charge in [0.05, 0.1) is 7.11 Å². The number of nitrogens with one attached hydrogen (secondary N) is 1. The quantitative estimate of drug-likeness (QED) is 0.873. The maximum absolute atomic E-state index is 13.4. The lowest BCUT2D eigenvalue weighted by molar-refractivity contribution is 0.162. The zero-order valence-corrected chi connectivity index (χ0v) is 13.4. The molecule has 1 atom stereocenters. The van der Waals surface area contributed by atoms with E-state index in [2.05, 4.69) is 24.1 Å². The summed E-state index contributed by atoms with van der Waals surface area (Å²) < 4.78 is 18.8. The molecule has 0 aromatic heterocycles. The monoisotopic (exact) mass is 294 g/mol. The van der Waals surface area contributed by atoms with Crippen molar-refractivity contribution in [1.29, 1.82) is 0 Å². The molecular formula is C17H27FN2O. The van der Waals surface area contributed by atoms with Crippen LogP contribution >= 0.6 is 0 Å². The molecule has 118 valence electrons. The minimum Gasteiger partial charge on any atom is -0.496 e. The van der Waals surface area contributed by atoms with Crippen molar-refractivity contribution in [2.75, 3.05) is 26.7 Å². The maximum atomic E-state index is 13.4. The number of methoxy groups -OCH3 is 1. The van der Waals surface area contributed by atoms with Crippen LogP contribution in [0.4, 0.5) is 4.39 Å². The summed E-state index contributed by atoms with van der Waals surface area (Å²) in [5.41, 5.74) is 0.940. The number of benzene rings is 1. The largest absolute Gasteiger partial charge is 0.496 e. The standard InChI is InChI=1S/C17H27FN2O/c1-13(2)19-10-14-5-4-8-20(11-14)12-15-9-16(18)6-7-17(15)21-3/h6-7,9,13-14,19H,4-5,8,10-12H2,1-3H3. The Bertz CT molecular complexity index is 450. The second kappa shape index (κ2) is 7.76. The van der Waals surface area contributed by atoms with Crippen LogP contribution in [0.5, 0.6) is 5.75 Å². The van der Waals surface area contributed by atoms with Gasteiger partial charge in [-0.1, -0.05) is 13.8 Å². The van der Waals surface area contributed by atoms with Gasteiger partial charge in [-0.2, -0.15) is 0 Å². The van der Waals surface area contributed by atoms with E-state index < -0.39 is 0 Å². The van der Waals surface area contributed by atoms with E-state index in [0.29, 0.717) is 12.0 Å². The van der Waals surface area contributed by atoms with Crippen LogP contribution < -0.4 is 10.1 Å². The number of nitrogens with zero attached hydrogens (tertiary/aromatic N) is 1. The Hall–Kier alpha value is -1.13. The van der Waals surface area contributed by atoms with Gasteiger partial charge in [-0.3, -0.25) is 4.90 Å². The van der Waals surface area contributed by atoms with Gasteiger partial charge in [0, 0.05) is 24.7 Å². The van der Waals surface area contributed by atoms with Gasteiger partial charge in [0.1, 0.15) is 11.6 Å². The highest BCUT2D eigenvalue weighted by Gasteiger charge is 2.21. The highest BCUT2D eigenvalue weighted by molar-refractivity contribution is 5.33. The molecule has 1 aromatic carbocycles. The molecule has 1 saturated heterocycles. The molecule has 0 saturated carbocycles. The highest BCUT2D eigenvalue weighted by Crippen LogP contribution is 2.24. The number of halogens is 1. The van der Waals surface area contributed by atoms with Crippen molar-refractivity contribution < 1.29 is 9.13 Å². The van der Waals surface area contributed by atoms with E-state index >= 15 is 0 Å². The van der Waals surface area contributed by atoms with Gasteiger partial charge >= 0.3 is 0 Å². The molecule has 2 rings (SSSR count). The van der Waals surface area contributed by atoms with Gasteiger partial charge in [-0.25, -0.2) is 4.39 Å². The average Bonchev–Trinajstić information content (AvgIpc) is 2.46. The van der Waals surface area contributed by atoms with Gasteiger partial charge in [-0.05, 0) is 50.0 Å². The molecule has 1 unspecified atom stereocenters. The molecule has 1 aromatic rings. The van der Waals surface area contributed by atoms with E-state index in [-0.39, 0.29) is 5.82 Å². The first-order valence-corrected chi connectivity index (χ1v) is 7.86. The SMILES string of the molecule is COc1ccc(F)cc1CN1CCCC(CNC(C)C)C1. The summed E-state index contributed by atoms with van der Waals surface area (Å²) in [6.07, 6.45) is 2.48. The van der Waals surface area contributed by atoms with Crippen molar-refractivity contribution in [1.82, 2.24) is 10.2 Å². The van der Waals surface area contributed by atoms with Crippen LogP contribution in [0, 0.1) is 11.7 Å². The van der Waals surface area contributed by atoms with E-state index in [4.69, 9.17) is 4.74 Å². The Labute approximate surface area is 127 Å². The van der Waals surface area contributed by atoms with E-state index in [1.165, 1.54) is 18.9 Å². The molecule has 4 heteroatoms. The molecule has 3 nitrogen and oxygen atoms in total. The van der Waals surface area contributed by atoms with E-state index in [9.17, 15) is 4.39 Å². The van der Waals surface area contributed by atoms with Gasteiger partial charge in [0.2, 0.25) is 0 Å². The summed E-state index contributed by atoms with van der Waals surface area (Å²) in [5.74, 6) is 1.26. The highest BCUT2D eigenvalue weighted by atomic mass is 19.1. The zero-order valence-electron chi connectivity index (χ0n) is 13.4. The van der Waals surface area contributed by atoms with Crippen LogP contribution in [0.15, 0.2) is 18.2 Å². The lowest BCUT2D eigenvalue weighted by Gasteiger charge is -2.33. The van der Waals surface area contributed by atoms with Gasteiger partial charge in [0.15, 0.2) is 0 Å². The van der Waals surface area contributed by atoms with Crippen LogP contribution in [0.1, 0.15) is 32.3 Å². The lowest BCUT2D eigenvalue weighted by atomic mass is 9.97. The fourth-order valence-corrected chi connectivity index (χ4v) is 2.98. The van der Waals surface area contributed by atoms with Crippen LogP contribution in [0.3, 0.4) is 0 Å². The third kappa shape index (κ3) is 4.97. The predicted octanol–water partition coefficient (Wildman–Crippen LogP) is 3.04. The molecule has 1 fully saturated rings. The minimum absolute atomic E-state index is 0.194. The molecule has 1 aliphatic heterocycles. The molecule has 21 heavy (non-hydrogen) atoms. The van der Waals surface area contributed by atoms with Crippen LogP contribution in [-0.4, -0.2) is 37.7 Å². The predicted molar refractivity (Wildman–Crippen MR) is 84.1 cm³/mol. The molecule has 0 aliphatic carbocycles. The number of hydrogen-bond acceptors (Lipinski definition) is 3. The minimum atomic E-state index is -0.194. The third-order valence-electron chi connectivity index (χ3n) is 4.05. The number of likely N-dealkylation sites (tertiary alicyclic amines) is 1. The molecule has 0 bridgehead atoms. The molecule has 1 aliphatic rings. The normalized spacial score (nSPS) is 20.0. The van der Waals surface area contributed by atoms with E-state index in [1.807, 2.05) is 0 Å². The Morgan fingerprint density at radius 2 is 2.24 bits per heavy atom. The summed E-state index contributed by atoms with van der Waals surface area (Å²) >= 11 is 0. The van der Waals surface area contributed by atoms with Crippen LogP contribution in [0.25, 0.3) is 0 Å². The van der Waals surface area contributed by atoms with Crippen molar-refractivity contribution >= 4 is 0 Å². The van der Waals surface area contributed by atoms with Gasteiger partial charge in [-0.15, -0.1) is 0 Å². The van der Waals surface area contributed by atoms with Crippen molar-refractivity contribution in [3.05, 3.63) is 29.6 Å². The maximum Gasteiger partial charge on any atom is 0.123 e. The van der Waals surface area contributed by atoms with Crippen LogP contribution in [0.2, 0.25) is 0 Å². The number of piperidine rings is 1. The summed E-state index contributed by atoms with van der Waals surface area (Å²) in [4.78, 5) is 2.41. The zero-order chi connectivity index (χ0) is 15.2. The number of hydrogen-bond donors (Lipinski definition) is 1. The smallest absolute Gasteiger partial charge is 0.123 e. The molecule has 0 amide bonds. The first-order chi connectivity index (χ1) is 10.1. The summed E-state index contributed by atoms with van der Waals surface area (Å²) in [7, 11) is 1.64. The van der Waals surface area contributed by atoms with Gasteiger partial charge < -0.3 is 10.1 Å². The lowest BCUT2D eigenvalue weighted by Crippen LogP contribution is -2.40. The molecule has 1 N–H and O–H groups in total. The summed E-state index contributed by atoms with van der Waals surface area (Å²) in [5, 5.41) is 3.52. The number of rotatable bonds is 6. The van der Waals surface area contributed by atoms with Crippen molar-refractivity contribution in [2.45, 2.75) is 39.3 Å². The Morgan fingerprint density at radius 3 is 2.95 bits per heavy atom. The molecule has 1 heterocycles. The average molecular weight is 294 g/mol.